The maximum atomic E-state index is 14.3. The Balaban J connectivity index is 1.74. The molecule has 12 heteroatoms. The number of anilines is 2. The van der Waals surface area contributed by atoms with Crippen LogP contribution in [0.25, 0.3) is 28.0 Å². The van der Waals surface area contributed by atoms with Gasteiger partial charge in [-0.05, 0) is 56.0 Å². The molecule has 2 aliphatic heterocycles. The van der Waals surface area contributed by atoms with E-state index in [1.807, 2.05) is 33.8 Å². The lowest BCUT2D eigenvalue weighted by molar-refractivity contribution is -0.127. The van der Waals surface area contributed by atoms with Gasteiger partial charge < -0.3 is 20.2 Å². The maximum absolute atomic E-state index is 14.3. The van der Waals surface area contributed by atoms with Gasteiger partial charge in [0.2, 0.25) is 5.91 Å². The number of aryl methyl sites for hydroxylation is 1. The summed E-state index contributed by atoms with van der Waals surface area (Å²) in [5.41, 5.74) is 2.92. The van der Waals surface area contributed by atoms with Crippen molar-refractivity contribution in [1.82, 2.24) is 24.4 Å². The van der Waals surface area contributed by atoms with Gasteiger partial charge in [-0.1, -0.05) is 49.7 Å². The number of nitrogens with one attached hydrogen (secondary N) is 1. The maximum Gasteiger partial charge on any atom is 0.355 e. The number of hydrogen-bond acceptors (Lipinski definition) is 8. The fourth-order valence-corrected chi connectivity index (χ4v) is 6.99. The molecule has 1 saturated heterocycles. The summed E-state index contributed by atoms with van der Waals surface area (Å²) in [6, 6.07) is 6.35. The Morgan fingerprint density at radius 3 is 2.68 bits per heavy atom. The Morgan fingerprint density at radius 1 is 1.20 bits per heavy atom. The number of phenols is 1. The predicted molar refractivity (Wildman–Crippen MR) is 174 cm³/mol. The Morgan fingerprint density at radius 2 is 1.98 bits per heavy atom. The number of aromatic hydroxyl groups is 1. The fraction of sp³-hybridized carbons (Fsp3) is 0.344. The second-order valence-electron chi connectivity index (χ2n) is 11.6. The summed E-state index contributed by atoms with van der Waals surface area (Å²) in [4.78, 5) is 45.2. The molecule has 10 nitrogen and oxygen atoms in total. The van der Waals surface area contributed by atoms with Crippen molar-refractivity contribution in [2.45, 2.75) is 52.1 Å². The lowest BCUT2D eigenvalue weighted by Gasteiger charge is -2.47. The Hall–Kier alpha value is -4.15. The third-order valence-electron chi connectivity index (χ3n) is 8.39. The topological polar surface area (TPSA) is 116 Å². The molecule has 6 rings (SSSR count). The molecule has 0 bridgehead atoms. The van der Waals surface area contributed by atoms with Crippen LogP contribution in [-0.4, -0.2) is 67.2 Å². The average Bonchev–Trinajstić information content (AvgIpc) is 2.97. The second-order valence-corrected chi connectivity index (χ2v) is 12.4. The SMILES string of the molecule is C=CC(=O)N1CC(C)N2c3nc(=O)n(-c4c(C)ccnc4C(C)C)c4nc(-c5c(O)cccc5Cl)c(Cl)c(c34)NCCC2C1. The zero-order valence-corrected chi connectivity index (χ0v) is 26.4. The van der Waals surface area contributed by atoms with Gasteiger partial charge in [-0.2, -0.15) is 4.98 Å². The summed E-state index contributed by atoms with van der Waals surface area (Å²) in [5.74, 6) is 0.193. The third kappa shape index (κ3) is 4.77. The monoisotopic (exact) mass is 633 g/mol. The van der Waals surface area contributed by atoms with Crippen LogP contribution < -0.4 is 15.9 Å². The van der Waals surface area contributed by atoms with Crippen molar-refractivity contribution < 1.29 is 9.90 Å². The first-order chi connectivity index (χ1) is 21.0. The summed E-state index contributed by atoms with van der Waals surface area (Å²) in [7, 11) is 0. The molecular weight excluding hydrogens is 601 g/mol. The molecule has 2 N–H and O–H groups in total. The van der Waals surface area contributed by atoms with Crippen molar-refractivity contribution in [3.05, 3.63) is 74.9 Å². The van der Waals surface area contributed by atoms with Crippen LogP contribution in [0.4, 0.5) is 11.5 Å². The number of carbonyl (C=O) groups excluding carboxylic acids is 1. The number of benzene rings is 1. The first-order valence-electron chi connectivity index (χ1n) is 14.6. The van der Waals surface area contributed by atoms with Gasteiger partial charge in [0.05, 0.1) is 49.8 Å². The fourth-order valence-electron chi connectivity index (χ4n) is 6.43. The molecule has 44 heavy (non-hydrogen) atoms. The number of phenolic OH excluding ortho intramolecular Hbond substituents is 1. The average molecular weight is 635 g/mol. The number of carbonyl (C=O) groups is 1. The van der Waals surface area contributed by atoms with Crippen molar-refractivity contribution in [2.75, 3.05) is 29.9 Å². The van der Waals surface area contributed by atoms with E-state index in [-0.39, 0.29) is 51.0 Å². The van der Waals surface area contributed by atoms with Gasteiger partial charge in [-0.15, -0.1) is 0 Å². The molecule has 228 valence electrons. The Kier molecular flexibility index (Phi) is 7.75. The van der Waals surface area contributed by atoms with E-state index in [1.165, 1.54) is 16.7 Å². The zero-order valence-electron chi connectivity index (χ0n) is 24.9. The minimum absolute atomic E-state index is 0.0118. The van der Waals surface area contributed by atoms with Gasteiger partial charge in [-0.25, -0.2) is 14.3 Å². The molecule has 3 aromatic heterocycles. The molecule has 0 radical (unpaired) electrons. The van der Waals surface area contributed by atoms with Crippen LogP contribution in [0, 0.1) is 6.92 Å². The van der Waals surface area contributed by atoms with E-state index >= 15 is 0 Å². The van der Waals surface area contributed by atoms with Crippen molar-refractivity contribution in [3.8, 4) is 22.7 Å². The van der Waals surface area contributed by atoms with E-state index < -0.39 is 5.69 Å². The van der Waals surface area contributed by atoms with E-state index in [1.54, 1.807) is 23.2 Å². The largest absolute Gasteiger partial charge is 0.507 e. The minimum Gasteiger partial charge on any atom is -0.507 e. The zero-order chi connectivity index (χ0) is 31.4. The van der Waals surface area contributed by atoms with E-state index in [0.717, 1.165) is 5.56 Å². The molecule has 0 spiro atoms. The number of hydrogen-bond donors (Lipinski definition) is 2. The highest BCUT2D eigenvalue weighted by Crippen LogP contribution is 2.47. The summed E-state index contributed by atoms with van der Waals surface area (Å²) in [5, 5.41) is 15.5. The van der Waals surface area contributed by atoms with Gasteiger partial charge in [0.1, 0.15) is 11.6 Å². The minimum atomic E-state index is -0.531. The van der Waals surface area contributed by atoms with Crippen LogP contribution in [0.15, 0.2) is 47.9 Å². The molecule has 1 fully saturated rings. The molecular formula is C32H33Cl2N7O3. The number of rotatable bonds is 4. The number of fused-ring (bicyclic) bond motifs is 2. The summed E-state index contributed by atoms with van der Waals surface area (Å²) in [6.45, 7) is 13.0. The summed E-state index contributed by atoms with van der Waals surface area (Å²) < 4.78 is 1.49. The van der Waals surface area contributed by atoms with Crippen LogP contribution in [0.3, 0.4) is 0 Å². The number of piperazine rings is 1. The van der Waals surface area contributed by atoms with Crippen molar-refractivity contribution in [2.24, 2.45) is 0 Å². The van der Waals surface area contributed by atoms with Gasteiger partial charge >= 0.3 is 5.69 Å². The molecule has 5 heterocycles. The molecule has 0 saturated carbocycles. The van der Waals surface area contributed by atoms with E-state index in [9.17, 15) is 14.7 Å². The summed E-state index contributed by atoms with van der Waals surface area (Å²) >= 11 is 13.7. The van der Waals surface area contributed by atoms with Crippen molar-refractivity contribution in [1.29, 1.82) is 0 Å². The highest BCUT2D eigenvalue weighted by molar-refractivity contribution is 6.39. The van der Waals surface area contributed by atoms with Crippen LogP contribution in [0.5, 0.6) is 5.75 Å². The quantitative estimate of drug-likeness (QED) is 0.275. The van der Waals surface area contributed by atoms with E-state index in [2.05, 4.69) is 21.8 Å². The smallest absolute Gasteiger partial charge is 0.355 e. The van der Waals surface area contributed by atoms with Crippen LogP contribution in [0.1, 0.15) is 44.4 Å². The Labute approximate surface area is 265 Å². The normalized spacial score (nSPS) is 18.1. The molecule has 2 atom stereocenters. The number of amides is 1. The van der Waals surface area contributed by atoms with Crippen LogP contribution in [0.2, 0.25) is 10.0 Å². The number of halogens is 2. The number of nitrogens with zero attached hydrogens (tertiary/aromatic N) is 6. The lowest BCUT2D eigenvalue weighted by Crippen LogP contribution is -2.60. The van der Waals surface area contributed by atoms with Gasteiger partial charge in [0.25, 0.3) is 0 Å². The van der Waals surface area contributed by atoms with E-state index in [4.69, 9.17) is 33.2 Å². The number of aromatic nitrogens is 4. The van der Waals surface area contributed by atoms with E-state index in [0.29, 0.717) is 60.0 Å². The first-order valence-corrected chi connectivity index (χ1v) is 15.3. The highest BCUT2D eigenvalue weighted by atomic mass is 35.5. The molecule has 2 aliphatic rings. The van der Waals surface area contributed by atoms with Gasteiger partial charge in [-0.3, -0.25) is 9.78 Å². The van der Waals surface area contributed by atoms with Gasteiger partial charge in [0.15, 0.2) is 5.65 Å². The highest BCUT2D eigenvalue weighted by Gasteiger charge is 2.38. The first kappa shape index (κ1) is 29.9. The second kappa shape index (κ2) is 11.4. The van der Waals surface area contributed by atoms with Crippen LogP contribution in [-0.2, 0) is 4.79 Å². The lowest BCUT2D eigenvalue weighted by atomic mass is 10.00. The van der Waals surface area contributed by atoms with Crippen molar-refractivity contribution in [3.63, 3.8) is 0 Å². The molecule has 1 amide bonds. The number of pyridine rings is 2. The van der Waals surface area contributed by atoms with Crippen molar-refractivity contribution >= 4 is 51.6 Å². The molecule has 0 aliphatic carbocycles. The standard InChI is InChI=1S/C32H33Cl2N7O3/c1-6-22(43)39-14-18(5)40-19(15-39)11-13-36-27-24-30(37-28(25(27)34)23-20(33)8-7-9-21(23)42)41(32(44)38-31(24)40)29-17(4)10-12-35-26(29)16(2)3/h6-10,12,16,18-19,36,42H,1,11,13-15H2,2-5H3. The summed E-state index contributed by atoms with van der Waals surface area (Å²) in [6.07, 6.45) is 3.69. The van der Waals surface area contributed by atoms with Crippen LogP contribution >= 0.6 is 23.2 Å². The molecule has 4 aromatic rings. The predicted octanol–water partition coefficient (Wildman–Crippen LogP) is 5.69. The Bertz CT molecular complexity index is 1870. The molecule has 1 aromatic carbocycles. The third-order valence-corrected chi connectivity index (χ3v) is 9.08. The van der Waals surface area contributed by atoms with Gasteiger partial charge in [0, 0.05) is 31.9 Å². The molecule has 2 unspecified atom stereocenters.